The molecule has 0 unspecified atom stereocenters. The van der Waals surface area contributed by atoms with Gasteiger partial charge in [-0.25, -0.2) is 4.39 Å². The highest BCUT2D eigenvalue weighted by molar-refractivity contribution is 7.80. The van der Waals surface area contributed by atoms with Gasteiger partial charge in [-0.05, 0) is 43.3 Å². The zero-order chi connectivity index (χ0) is 13.9. The van der Waals surface area contributed by atoms with Gasteiger partial charge < -0.3 is 10.1 Å². The summed E-state index contributed by atoms with van der Waals surface area (Å²) in [7, 11) is 0. The number of hydrogen-bond donors (Lipinski definition) is 2. The number of rotatable bonds is 7. The minimum absolute atomic E-state index is 0.291. The largest absolute Gasteiger partial charge is 0.382 e. The van der Waals surface area contributed by atoms with Crippen LogP contribution in [0.25, 0.3) is 0 Å². The third-order valence-electron chi connectivity index (χ3n) is 2.18. The van der Waals surface area contributed by atoms with Crippen LogP contribution >= 0.6 is 12.2 Å². The van der Waals surface area contributed by atoms with Gasteiger partial charge in [0.2, 0.25) is 0 Å². The Labute approximate surface area is 118 Å². The first-order chi connectivity index (χ1) is 9.22. The Hall–Kier alpha value is -1.53. The van der Waals surface area contributed by atoms with Gasteiger partial charge in [0.05, 0.1) is 6.21 Å². The maximum atomic E-state index is 12.9. The van der Waals surface area contributed by atoms with Gasteiger partial charge in [0.25, 0.3) is 0 Å². The summed E-state index contributed by atoms with van der Waals surface area (Å²) in [6.07, 6.45) is 2.39. The van der Waals surface area contributed by atoms with Crippen LogP contribution in [0.4, 0.5) is 4.39 Å². The molecule has 0 heterocycles. The molecule has 0 amide bonds. The summed E-state index contributed by atoms with van der Waals surface area (Å²) < 4.78 is 18.1. The molecule has 0 saturated heterocycles. The van der Waals surface area contributed by atoms with Gasteiger partial charge in [0.1, 0.15) is 5.82 Å². The molecule has 0 aromatic heterocycles. The van der Waals surface area contributed by atoms with E-state index in [0.29, 0.717) is 17.3 Å². The number of benzene rings is 1. The number of hydrazone groups is 1. The van der Waals surface area contributed by atoms with Crippen LogP contribution in [0.3, 0.4) is 0 Å². The third-order valence-corrected chi connectivity index (χ3v) is 2.42. The zero-order valence-corrected chi connectivity index (χ0v) is 11.7. The lowest BCUT2D eigenvalue weighted by Gasteiger charge is -2.06. The highest BCUT2D eigenvalue weighted by atomic mass is 32.1. The highest BCUT2D eigenvalue weighted by Crippen LogP contribution is 1.99. The van der Waals surface area contributed by atoms with Gasteiger partial charge in [-0.3, -0.25) is 5.43 Å². The summed E-state index contributed by atoms with van der Waals surface area (Å²) in [6, 6.07) is 6.16. The van der Waals surface area contributed by atoms with Crippen LogP contribution in [0.15, 0.2) is 29.4 Å². The summed E-state index contributed by atoms with van der Waals surface area (Å²) in [4.78, 5) is 0. The van der Waals surface area contributed by atoms with E-state index in [-0.39, 0.29) is 5.82 Å². The van der Waals surface area contributed by atoms with Gasteiger partial charge in [0.15, 0.2) is 5.11 Å². The van der Waals surface area contributed by atoms with Crippen LogP contribution in [0.2, 0.25) is 0 Å². The van der Waals surface area contributed by atoms with Crippen molar-refractivity contribution in [2.75, 3.05) is 19.8 Å². The van der Waals surface area contributed by atoms with E-state index < -0.39 is 0 Å². The van der Waals surface area contributed by atoms with Crippen LogP contribution in [-0.2, 0) is 4.74 Å². The van der Waals surface area contributed by atoms with Crippen molar-refractivity contribution in [3.8, 4) is 0 Å². The molecule has 4 nitrogen and oxygen atoms in total. The molecule has 1 aromatic carbocycles. The molecule has 19 heavy (non-hydrogen) atoms. The average Bonchev–Trinajstić information content (AvgIpc) is 2.38. The molecule has 104 valence electrons. The molecule has 0 aliphatic heterocycles. The second-order valence-corrected chi connectivity index (χ2v) is 4.14. The van der Waals surface area contributed by atoms with Crippen molar-refractivity contribution in [3.63, 3.8) is 0 Å². The average molecular weight is 283 g/mol. The summed E-state index contributed by atoms with van der Waals surface area (Å²) in [5, 5.41) is 7.35. The Bertz CT molecular complexity index is 426. The van der Waals surface area contributed by atoms with E-state index in [1.165, 1.54) is 18.3 Å². The zero-order valence-electron chi connectivity index (χ0n) is 10.9. The van der Waals surface area contributed by atoms with Crippen LogP contribution < -0.4 is 10.7 Å². The molecule has 0 aliphatic carbocycles. The summed E-state index contributed by atoms with van der Waals surface area (Å²) in [5.41, 5.74) is 3.34. The minimum atomic E-state index is -0.291. The quantitative estimate of drug-likeness (QED) is 0.348. The lowest BCUT2D eigenvalue weighted by atomic mass is 10.2. The number of hydrogen-bond acceptors (Lipinski definition) is 3. The van der Waals surface area contributed by atoms with Gasteiger partial charge in [-0.2, -0.15) is 5.10 Å². The number of halogens is 1. The first-order valence-electron chi connectivity index (χ1n) is 6.12. The molecule has 6 heteroatoms. The van der Waals surface area contributed by atoms with E-state index in [9.17, 15) is 4.39 Å². The third kappa shape index (κ3) is 7.48. The Morgan fingerprint density at radius 2 is 2.37 bits per heavy atom. The standard InChI is InChI=1S/C13H18FN3OS/c1-2-18-8-4-7-15-13(19)17-16-10-11-5-3-6-12(14)9-11/h3,5-6,9-10H,2,4,7-8H2,1H3,(H2,15,17,19)/b16-10-. The molecule has 0 fully saturated rings. The molecular formula is C13H18FN3OS. The van der Waals surface area contributed by atoms with Crippen LogP contribution in [-0.4, -0.2) is 31.1 Å². The van der Waals surface area contributed by atoms with Crippen molar-refractivity contribution in [3.05, 3.63) is 35.6 Å². The Kier molecular flexibility index (Phi) is 7.69. The van der Waals surface area contributed by atoms with Crippen LogP contribution in [0, 0.1) is 5.82 Å². The molecule has 0 saturated carbocycles. The number of thiocarbonyl (C=S) groups is 1. The molecule has 0 spiro atoms. The Morgan fingerprint density at radius 1 is 1.53 bits per heavy atom. The van der Waals surface area contributed by atoms with Crippen molar-refractivity contribution >= 4 is 23.5 Å². The minimum Gasteiger partial charge on any atom is -0.382 e. The molecule has 1 rings (SSSR count). The highest BCUT2D eigenvalue weighted by Gasteiger charge is 1.93. The predicted octanol–water partition coefficient (Wildman–Crippen LogP) is 2.05. The maximum absolute atomic E-state index is 12.9. The van der Waals surface area contributed by atoms with Crippen LogP contribution in [0.5, 0.6) is 0 Å². The monoisotopic (exact) mass is 283 g/mol. The van der Waals surface area contributed by atoms with Crippen LogP contribution in [0.1, 0.15) is 18.9 Å². The summed E-state index contributed by atoms with van der Waals surface area (Å²) in [6.45, 7) is 4.11. The van der Waals surface area contributed by atoms with Crippen molar-refractivity contribution in [2.24, 2.45) is 5.10 Å². The van der Waals surface area contributed by atoms with Gasteiger partial charge in [-0.1, -0.05) is 12.1 Å². The Morgan fingerprint density at radius 3 is 3.11 bits per heavy atom. The Balaban J connectivity index is 2.19. The van der Waals surface area contributed by atoms with Crippen molar-refractivity contribution in [1.29, 1.82) is 0 Å². The number of nitrogens with one attached hydrogen (secondary N) is 2. The van der Waals surface area contributed by atoms with E-state index in [4.69, 9.17) is 17.0 Å². The first-order valence-corrected chi connectivity index (χ1v) is 6.53. The SMILES string of the molecule is CCOCCCNC(=S)N/N=C\c1cccc(F)c1. The molecule has 1 aromatic rings. The molecular weight excluding hydrogens is 265 g/mol. The van der Waals surface area contributed by atoms with Crippen molar-refractivity contribution in [1.82, 2.24) is 10.7 Å². The molecule has 0 aliphatic rings. The summed E-state index contributed by atoms with van der Waals surface area (Å²) in [5.74, 6) is -0.291. The fourth-order valence-corrected chi connectivity index (χ4v) is 1.47. The van der Waals surface area contributed by atoms with Gasteiger partial charge in [-0.15, -0.1) is 0 Å². The second kappa shape index (κ2) is 9.41. The first kappa shape index (κ1) is 15.5. The van der Waals surface area contributed by atoms with E-state index in [0.717, 1.165) is 19.6 Å². The van der Waals surface area contributed by atoms with E-state index in [1.54, 1.807) is 12.1 Å². The molecule has 0 atom stereocenters. The lowest BCUT2D eigenvalue weighted by molar-refractivity contribution is 0.145. The van der Waals surface area contributed by atoms with E-state index in [1.807, 2.05) is 6.92 Å². The van der Waals surface area contributed by atoms with Crippen molar-refractivity contribution in [2.45, 2.75) is 13.3 Å². The second-order valence-electron chi connectivity index (χ2n) is 3.73. The molecule has 2 N–H and O–H groups in total. The fraction of sp³-hybridized carbons (Fsp3) is 0.385. The van der Waals surface area contributed by atoms with E-state index in [2.05, 4.69) is 15.8 Å². The summed E-state index contributed by atoms with van der Waals surface area (Å²) >= 11 is 5.02. The normalized spacial score (nSPS) is 10.6. The van der Waals surface area contributed by atoms with Gasteiger partial charge in [0, 0.05) is 19.8 Å². The molecule has 0 radical (unpaired) electrons. The predicted molar refractivity (Wildman–Crippen MR) is 78.8 cm³/mol. The lowest BCUT2D eigenvalue weighted by Crippen LogP contribution is -2.33. The maximum Gasteiger partial charge on any atom is 0.186 e. The fourth-order valence-electron chi connectivity index (χ4n) is 1.31. The van der Waals surface area contributed by atoms with E-state index >= 15 is 0 Å². The number of ether oxygens (including phenoxy) is 1. The van der Waals surface area contributed by atoms with Gasteiger partial charge >= 0.3 is 0 Å². The van der Waals surface area contributed by atoms with Crippen molar-refractivity contribution < 1.29 is 9.13 Å². The molecule has 0 bridgehead atoms. The number of nitrogens with zero attached hydrogens (tertiary/aromatic N) is 1. The smallest absolute Gasteiger partial charge is 0.186 e. The topological polar surface area (TPSA) is 45.6 Å².